The molecule has 10 nitrogen and oxygen atoms in total. The summed E-state index contributed by atoms with van der Waals surface area (Å²) in [5.41, 5.74) is 9.59. The normalized spacial score (nSPS) is 11.5. The van der Waals surface area contributed by atoms with Crippen molar-refractivity contribution >= 4 is 30.8 Å². The Hall–Kier alpha value is -1.98. The van der Waals surface area contributed by atoms with E-state index in [4.69, 9.17) is 11.5 Å². The Morgan fingerprint density at radius 3 is 1.63 bits per heavy atom. The van der Waals surface area contributed by atoms with Crippen LogP contribution in [0.4, 0.5) is 11.9 Å². The van der Waals surface area contributed by atoms with E-state index >= 15 is 0 Å². The van der Waals surface area contributed by atoms with E-state index in [0.717, 1.165) is 0 Å². The number of nitrogens with zero attached hydrogens (tertiary/aromatic N) is 6. The first-order valence-corrected chi connectivity index (χ1v) is 13.5. The molecular weight excluding hydrogens is 359 g/mol. The summed E-state index contributed by atoms with van der Waals surface area (Å²) in [7, 11) is 0. The Morgan fingerprint density at radius 2 is 1.32 bits per heavy atom. The summed E-state index contributed by atoms with van der Waals surface area (Å²) in [4.78, 5) is 42.0. The van der Waals surface area contributed by atoms with Crippen LogP contribution in [0.3, 0.4) is 0 Å². The number of rotatable bonds is 2. The molecule has 0 saturated heterocycles. The van der Waals surface area contributed by atoms with Gasteiger partial charge in [0, 0.05) is 0 Å². The van der Waals surface area contributed by atoms with Crippen molar-refractivity contribution in [1.29, 1.82) is 0 Å². The van der Waals surface area contributed by atoms with Crippen LogP contribution in [0, 0.1) is 0 Å². The molecule has 0 fully saturated rings. The molecule has 2 heterocycles. The summed E-state index contributed by atoms with van der Waals surface area (Å²) < 4.78 is 2.71. The van der Waals surface area contributed by atoms with Gasteiger partial charge < -0.3 is 0 Å². The fourth-order valence-electron chi connectivity index (χ4n) is 1.56. The summed E-state index contributed by atoms with van der Waals surface area (Å²) in [6, 6.07) is 0. The van der Waals surface area contributed by atoms with Gasteiger partial charge in [0.1, 0.15) is 0 Å². The second-order valence-corrected chi connectivity index (χ2v) is 15.5. The van der Waals surface area contributed by atoms with Crippen LogP contribution < -0.4 is 22.8 Å². The van der Waals surface area contributed by atoms with Gasteiger partial charge >= 0.3 is 111 Å². The van der Waals surface area contributed by atoms with Crippen LogP contribution in [-0.2, 0) is 0 Å². The van der Waals surface area contributed by atoms with E-state index in [2.05, 4.69) is 19.9 Å². The molecule has 2 aromatic heterocycles. The molecule has 0 aliphatic heterocycles. The van der Waals surface area contributed by atoms with Crippen LogP contribution in [0.2, 0.25) is 9.88 Å². The molecule has 0 amide bonds. The monoisotopic (exact) mass is 372 g/mol. The van der Waals surface area contributed by atoms with E-state index in [1.807, 2.05) is 9.88 Å². The van der Waals surface area contributed by atoms with Gasteiger partial charge in [-0.25, -0.2) is 0 Å². The molecule has 0 unspecified atom stereocenters. The molecular formula is C8H12N8O2Sn. The van der Waals surface area contributed by atoms with Gasteiger partial charge in [-0.1, -0.05) is 0 Å². The van der Waals surface area contributed by atoms with Crippen LogP contribution in [0.25, 0.3) is 0 Å². The minimum absolute atomic E-state index is 0.107. The third kappa shape index (κ3) is 2.43. The molecule has 11 heteroatoms. The van der Waals surface area contributed by atoms with E-state index < -0.39 is 30.3 Å². The maximum absolute atomic E-state index is 11.8. The molecule has 0 aliphatic carbocycles. The molecule has 0 atom stereocenters. The first kappa shape index (κ1) is 13.5. The Bertz CT molecular complexity index is 675. The maximum atomic E-state index is 11.8. The molecule has 0 aliphatic rings. The molecule has 2 rings (SSSR count). The Morgan fingerprint density at radius 1 is 0.947 bits per heavy atom. The van der Waals surface area contributed by atoms with Crippen LogP contribution in [0.5, 0.6) is 0 Å². The van der Waals surface area contributed by atoms with Crippen molar-refractivity contribution in [2.45, 2.75) is 9.88 Å². The van der Waals surface area contributed by atoms with Gasteiger partial charge in [0.05, 0.1) is 0 Å². The Labute approximate surface area is 111 Å². The van der Waals surface area contributed by atoms with Crippen molar-refractivity contribution in [3.05, 3.63) is 33.6 Å². The predicted octanol–water partition coefficient (Wildman–Crippen LogP) is -2.15. The zero-order chi connectivity index (χ0) is 14.2. The third-order valence-corrected chi connectivity index (χ3v) is 11.1. The molecule has 0 saturated carbocycles. The predicted molar refractivity (Wildman–Crippen MR) is 69.7 cm³/mol. The van der Waals surface area contributed by atoms with Gasteiger partial charge in [-0.2, -0.15) is 0 Å². The van der Waals surface area contributed by atoms with Crippen LogP contribution in [0.15, 0.2) is 22.2 Å². The van der Waals surface area contributed by atoms with Crippen LogP contribution in [-0.4, -0.2) is 44.4 Å². The Kier molecular flexibility index (Phi) is 3.26. The second-order valence-electron chi connectivity index (χ2n) is 4.23. The molecule has 0 spiro atoms. The van der Waals surface area contributed by atoms with Gasteiger partial charge in [0.15, 0.2) is 0 Å². The minimum atomic E-state index is -3.58. The van der Waals surface area contributed by atoms with Gasteiger partial charge in [-0.3, -0.25) is 0 Å². The molecule has 19 heavy (non-hydrogen) atoms. The first-order chi connectivity index (χ1) is 8.82. The van der Waals surface area contributed by atoms with E-state index in [-0.39, 0.29) is 11.9 Å². The van der Waals surface area contributed by atoms with Crippen LogP contribution >= 0.6 is 0 Å². The van der Waals surface area contributed by atoms with Gasteiger partial charge in [-0.15, -0.1) is 0 Å². The fraction of sp³-hybridized carbons (Fsp3) is 0.250. The number of nitrogens with two attached hydrogens (primary N) is 2. The van der Waals surface area contributed by atoms with Gasteiger partial charge in [0.25, 0.3) is 0 Å². The summed E-state index contributed by atoms with van der Waals surface area (Å²) in [5, 5.41) is 0. The average Bonchev–Trinajstić information content (AvgIpc) is 2.27. The zero-order valence-electron chi connectivity index (χ0n) is 10.3. The van der Waals surface area contributed by atoms with Gasteiger partial charge in [0.2, 0.25) is 0 Å². The molecule has 0 aromatic carbocycles. The molecule has 4 N–H and O–H groups in total. The number of anilines is 2. The Balaban J connectivity index is 2.65. The van der Waals surface area contributed by atoms with Crippen LogP contribution in [0.1, 0.15) is 0 Å². The summed E-state index contributed by atoms with van der Waals surface area (Å²) >= 11 is -3.58. The van der Waals surface area contributed by atoms with Crippen molar-refractivity contribution in [2.75, 3.05) is 11.5 Å². The third-order valence-electron chi connectivity index (χ3n) is 2.62. The molecule has 2 aromatic rings. The van der Waals surface area contributed by atoms with Crippen molar-refractivity contribution in [3.8, 4) is 0 Å². The quantitative estimate of drug-likeness (QED) is 0.568. The number of hydrogen-bond donors (Lipinski definition) is 2. The molecule has 100 valence electrons. The molecule has 0 radical (unpaired) electrons. The van der Waals surface area contributed by atoms with Crippen molar-refractivity contribution in [2.24, 2.45) is 0 Å². The van der Waals surface area contributed by atoms with E-state index in [1.54, 1.807) is 0 Å². The average molecular weight is 371 g/mol. The second kappa shape index (κ2) is 4.60. The zero-order valence-corrected chi connectivity index (χ0v) is 13.2. The summed E-state index contributed by atoms with van der Waals surface area (Å²) in [6.45, 7) is 0. The SMILES string of the molecule is [CH3][Sn]([CH3])([n]1cnc(N)nc1=O)[n]1cnc(N)nc1=O. The summed E-state index contributed by atoms with van der Waals surface area (Å²) in [5.74, 6) is -0.214. The number of aromatic nitrogens is 6. The number of nitrogen functional groups attached to an aromatic ring is 2. The standard InChI is InChI=1S/2C3H4N4O.2CH3.Sn/c2*4-2-5-1-6-3(8)7-2;;;/h2*1H,(H3,4,5,6,7,8);2*1H3;/q;;;;+2/p-2. The van der Waals surface area contributed by atoms with Crippen molar-refractivity contribution in [3.63, 3.8) is 0 Å². The van der Waals surface area contributed by atoms with Crippen molar-refractivity contribution < 1.29 is 0 Å². The first-order valence-electron chi connectivity index (χ1n) is 5.25. The fourth-order valence-corrected chi connectivity index (χ4v) is 7.12. The van der Waals surface area contributed by atoms with E-state index in [9.17, 15) is 9.59 Å². The van der Waals surface area contributed by atoms with E-state index in [1.165, 1.54) is 18.2 Å². The topological polar surface area (TPSA) is 148 Å². The molecule has 0 bridgehead atoms. The summed E-state index contributed by atoms with van der Waals surface area (Å²) in [6.07, 6.45) is 2.59. The van der Waals surface area contributed by atoms with E-state index in [0.29, 0.717) is 0 Å². The van der Waals surface area contributed by atoms with Crippen molar-refractivity contribution in [1.82, 2.24) is 25.5 Å². The number of hydrogen-bond acceptors (Lipinski definition) is 8. The van der Waals surface area contributed by atoms with Gasteiger partial charge in [-0.05, 0) is 0 Å².